The van der Waals surface area contributed by atoms with E-state index in [1.54, 1.807) is 13.1 Å². The van der Waals surface area contributed by atoms with Gasteiger partial charge in [0.1, 0.15) is 6.07 Å². The van der Waals surface area contributed by atoms with Crippen molar-refractivity contribution in [3.63, 3.8) is 0 Å². The number of nitrogens with zero attached hydrogens (tertiary/aromatic N) is 2. The fraction of sp³-hybridized carbons (Fsp3) is 0.364. The van der Waals surface area contributed by atoms with E-state index in [1.807, 2.05) is 6.07 Å². The quantitative estimate of drug-likeness (QED) is 0.830. The van der Waals surface area contributed by atoms with Crippen LogP contribution in [-0.2, 0) is 0 Å². The Kier molecular flexibility index (Phi) is 3.84. The van der Waals surface area contributed by atoms with Gasteiger partial charge in [0, 0.05) is 25.0 Å². The Hall–Kier alpha value is -1.90. The molecule has 1 aromatic carbocycles. The summed E-state index contributed by atoms with van der Waals surface area (Å²) in [6.45, 7) is -0.154. The Labute approximate surface area is 97.2 Å². The minimum atomic E-state index is -4.18. The van der Waals surface area contributed by atoms with Crippen LogP contribution in [0.1, 0.15) is 12.0 Å². The van der Waals surface area contributed by atoms with Crippen molar-refractivity contribution in [3.05, 3.63) is 23.8 Å². The second-order valence-electron chi connectivity index (χ2n) is 3.67. The van der Waals surface area contributed by atoms with Gasteiger partial charge in [-0.05, 0) is 18.2 Å². The topological polar surface area (TPSA) is 53.0 Å². The molecule has 6 heteroatoms. The van der Waals surface area contributed by atoms with E-state index in [-0.39, 0.29) is 12.1 Å². The third-order valence-electron chi connectivity index (χ3n) is 2.33. The zero-order chi connectivity index (χ0) is 13.1. The summed E-state index contributed by atoms with van der Waals surface area (Å²) in [5, 5.41) is 8.76. The van der Waals surface area contributed by atoms with Gasteiger partial charge in [-0.25, -0.2) is 0 Å². The molecule has 2 N–H and O–H groups in total. The number of alkyl halides is 3. The van der Waals surface area contributed by atoms with Crippen molar-refractivity contribution in [2.45, 2.75) is 12.6 Å². The van der Waals surface area contributed by atoms with Crippen molar-refractivity contribution in [2.75, 3.05) is 24.2 Å². The molecule has 0 fully saturated rings. The number of benzene rings is 1. The largest absolute Gasteiger partial charge is 0.398 e. The summed E-state index contributed by atoms with van der Waals surface area (Å²) >= 11 is 0. The maximum atomic E-state index is 12.0. The summed E-state index contributed by atoms with van der Waals surface area (Å²) in [6.07, 6.45) is -5.07. The Morgan fingerprint density at radius 3 is 2.59 bits per heavy atom. The van der Waals surface area contributed by atoms with Crippen LogP contribution >= 0.6 is 0 Å². The molecular weight excluding hydrogens is 231 g/mol. The van der Waals surface area contributed by atoms with E-state index in [0.29, 0.717) is 11.4 Å². The fourth-order valence-corrected chi connectivity index (χ4v) is 1.30. The van der Waals surface area contributed by atoms with Crippen LogP contribution in [0.15, 0.2) is 18.2 Å². The van der Waals surface area contributed by atoms with Crippen molar-refractivity contribution in [3.8, 4) is 6.07 Å². The lowest BCUT2D eigenvalue weighted by Crippen LogP contribution is -2.24. The number of hydrogen-bond donors (Lipinski definition) is 1. The van der Waals surface area contributed by atoms with Crippen LogP contribution < -0.4 is 10.6 Å². The highest BCUT2D eigenvalue weighted by Gasteiger charge is 2.27. The predicted molar refractivity (Wildman–Crippen MR) is 59.5 cm³/mol. The molecule has 92 valence electrons. The van der Waals surface area contributed by atoms with Gasteiger partial charge < -0.3 is 10.6 Å². The van der Waals surface area contributed by atoms with Crippen LogP contribution in [0.3, 0.4) is 0 Å². The van der Waals surface area contributed by atoms with E-state index in [0.717, 1.165) is 0 Å². The van der Waals surface area contributed by atoms with Gasteiger partial charge in [-0.15, -0.1) is 0 Å². The lowest BCUT2D eigenvalue weighted by atomic mass is 10.1. The van der Waals surface area contributed by atoms with Crippen molar-refractivity contribution >= 4 is 11.4 Å². The standard InChI is InChI=1S/C11H12F3N3/c1-17(5-4-11(12,13)14)9-2-3-10(16)8(6-9)7-15/h2-3,6H,4-5,16H2,1H3. The minimum absolute atomic E-state index is 0.154. The van der Waals surface area contributed by atoms with Crippen LogP contribution in [0.5, 0.6) is 0 Å². The lowest BCUT2D eigenvalue weighted by molar-refractivity contribution is -0.132. The summed E-state index contributed by atoms with van der Waals surface area (Å²) in [6, 6.07) is 6.47. The summed E-state index contributed by atoms with van der Waals surface area (Å²) in [7, 11) is 1.54. The van der Waals surface area contributed by atoms with E-state index in [2.05, 4.69) is 0 Å². The number of rotatable bonds is 3. The van der Waals surface area contributed by atoms with Gasteiger partial charge in [-0.3, -0.25) is 0 Å². The number of nitriles is 1. The number of nitrogens with two attached hydrogens (primary N) is 1. The van der Waals surface area contributed by atoms with Gasteiger partial charge in [0.2, 0.25) is 0 Å². The summed E-state index contributed by atoms with van der Waals surface area (Å²) in [5.41, 5.74) is 6.65. The maximum Gasteiger partial charge on any atom is 0.390 e. The summed E-state index contributed by atoms with van der Waals surface area (Å²) in [4.78, 5) is 1.44. The van der Waals surface area contributed by atoms with Crippen molar-refractivity contribution in [1.82, 2.24) is 0 Å². The van der Waals surface area contributed by atoms with Crippen molar-refractivity contribution in [2.24, 2.45) is 0 Å². The average Bonchev–Trinajstić information content (AvgIpc) is 2.25. The molecule has 0 saturated carbocycles. The lowest BCUT2D eigenvalue weighted by Gasteiger charge is -2.20. The molecule has 3 nitrogen and oxygen atoms in total. The number of nitrogen functional groups attached to an aromatic ring is 1. The molecule has 0 saturated heterocycles. The van der Waals surface area contributed by atoms with Crippen LogP contribution in [0.2, 0.25) is 0 Å². The Bertz CT molecular complexity index is 435. The first-order valence-electron chi connectivity index (χ1n) is 4.91. The SMILES string of the molecule is CN(CCC(F)(F)F)c1ccc(N)c(C#N)c1. The van der Waals surface area contributed by atoms with E-state index in [9.17, 15) is 13.2 Å². The average molecular weight is 243 g/mol. The van der Waals surface area contributed by atoms with Gasteiger partial charge in [0.15, 0.2) is 0 Å². The van der Waals surface area contributed by atoms with Crippen LogP contribution in [0.4, 0.5) is 24.5 Å². The highest BCUT2D eigenvalue weighted by atomic mass is 19.4. The molecule has 0 radical (unpaired) electrons. The number of halogens is 3. The van der Waals surface area contributed by atoms with Crippen LogP contribution in [0.25, 0.3) is 0 Å². The summed E-state index contributed by atoms with van der Waals surface area (Å²) in [5.74, 6) is 0. The predicted octanol–water partition coefficient (Wildman–Crippen LogP) is 2.53. The minimum Gasteiger partial charge on any atom is -0.398 e. The molecule has 0 amide bonds. The van der Waals surface area contributed by atoms with E-state index in [1.165, 1.54) is 17.0 Å². The smallest absolute Gasteiger partial charge is 0.390 e. The second-order valence-corrected chi connectivity index (χ2v) is 3.67. The molecule has 17 heavy (non-hydrogen) atoms. The Morgan fingerprint density at radius 1 is 1.41 bits per heavy atom. The molecule has 1 rings (SSSR count). The molecule has 0 aromatic heterocycles. The zero-order valence-electron chi connectivity index (χ0n) is 9.25. The maximum absolute atomic E-state index is 12.0. The van der Waals surface area contributed by atoms with Crippen LogP contribution in [0, 0.1) is 11.3 Å². The molecule has 0 unspecified atom stereocenters. The molecule has 0 bridgehead atoms. The van der Waals surface area contributed by atoms with Gasteiger partial charge in [0.25, 0.3) is 0 Å². The third-order valence-corrected chi connectivity index (χ3v) is 2.33. The van der Waals surface area contributed by atoms with E-state index in [4.69, 9.17) is 11.0 Å². The van der Waals surface area contributed by atoms with Crippen LogP contribution in [-0.4, -0.2) is 19.8 Å². The van der Waals surface area contributed by atoms with Gasteiger partial charge in [-0.1, -0.05) is 0 Å². The molecule has 0 heterocycles. The molecule has 0 aliphatic rings. The highest BCUT2D eigenvalue weighted by Crippen LogP contribution is 2.23. The summed E-state index contributed by atoms with van der Waals surface area (Å²) < 4.78 is 36.1. The monoisotopic (exact) mass is 243 g/mol. The fourth-order valence-electron chi connectivity index (χ4n) is 1.30. The number of anilines is 2. The molecule has 0 aliphatic heterocycles. The number of hydrogen-bond acceptors (Lipinski definition) is 3. The third kappa shape index (κ3) is 3.87. The van der Waals surface area contributed by atoms with Gasteiger partial charge in [0.05, 0.1) is 12.0 Å². The Morgan fingerprint density at radius 2 is 2.06 bits per heavy atom. The second kappa shape index (κ2) is 4.95. The highest BCUT2D eigenvalue weighted by molar-refractivity contribution is 5.62. The van der Waals surface area contributed by atoms with Gasteiger partial charge >= 0.3 is 6.18 Å². The molecule has 0 atom stereocenters. The molecule has 0 aliphatic carbocycles. The first-order valence-corrected chi connectivity index (χ1v) is 4.91. The molecule has 1 aromatic rings. The van der Waals surface area contributed by atoms with E-state index < -0.39 is 12.6 Å². The Balaban J connectivity index is 2.77. The first-order chi connectivity index (χ1) is 7.83. The first kappa shape index (κ1) is 13.2. The normalized spacial score (nSPS) is 11.0. The van der Waals surface area contributed by atoms with Crippen molar-refractivity contribution in [1.29, 1.82) is 5.26 Å². The van der Waals surface area contributed by atoms with Crippen molar-refractivity contribution < 1.29 is 13.2 Å². The molecule has 0 spiro atoms. The van der Waals surface area contributed by atoms with E-state index >= 15 is 0 Å². The molecular formula is C11H12F3N3. The van der Waals surface area contributed by atoms with Gasteiger partial charge in [-0.2, -0.15) is 18.4 Å². The zero-order valence-corrected chi connectivity index (χ0v) is 9.25.